The lowest BCUT2D eigenvalue weighted by Gasteiger charge is -2.47. The maximum atomic E-state index is 9.60. The Labute approximate surface area is 163 Å². The van der Waals surface area contributed by atoms with Crippen LogP contribution in [0.3, 0.4) is 0 Å². The molecule has 1 aromatic carbocycles. The molecule has 3 atom stereocenters. The molecule has 3 unspecified atom stereocenters. The molecule has 4 N–H and O–H groups in total. The van der Waals surface area contributed by atoms with Crippen molar-refractivity contribution < 1.29 is 9.84 Å². The molecular weight excluding hydrogens is 354 g/mol. The Morgan fingerprint density at radius 3 is 2.82 bits per heavy atom. The number of aromatic amines is 1. The Balaban J connectivity index is 1.56. The van der Waals surface area contributed by atoms with Crippen LogP contribution in [0.4, 0.5) is 0 Å². The molecular formula is C21H25N5O2. The van der Waals surface area contributed by atoms with Gasteiger partial charge in [-0.25, -0.2) is 4.98 Å². The van der Waals surface area contributed by atoms with Gasteiger partial charge in [-0.15, -0.1) is 0 Å². The molecule has 146 valence electrons. The Kier molecular flexibility index (Phi) is 4.30. The van der Waals surface area contributed by atoms with E-state index in [4.69, 9.17) is 15.5 Å². The molecule has 7 nitrogen and oxygen atoms in total. The number of nitrogens with zero attached hydrogens (tertiary/aromatic N) is 3. The Hall–Kier alpha value is -2.48. The number of H-pyrrole nitrogens is 1. The number of nitrogens with two attached hydrogens (primary N) is 1. The van der Waals surface area contributed by atoms with Gasteiger partial charge in [-0.05, 0) is 62.2 Å². The number of benzene rings is 1. The predicted molar refractivity (Wildman–Crippen MR) is 107 cm³/mol. The van der Waals surface area contributed by atoms with Crippen molar-refractivity contribution in [3.63, 3.8) is 0 Å². The number of hydrogen-bond donors (Lipinski definition) is 3. The zero-order valence-corrected chi connectivity index (χ0v) is 15.9. The third-order valence-corrected chi connectivity index (χ3v) is 5.96. The molecule has 0 saturated carbocycles. The topological polar surface area (TPSA) is 100 Å². The van der Waals surface area contributed by atoms with E-state index >= 15 is 0 Å². The minimum absolute atomic E-state index is 0.0111. The molecule has 2 aliphatic heterocycles. The van der Waals surface area contributed by atoms with Crippen LogP contribution in [0, 0.1) is 6.92 Å². The zero-order chi connectivity index (χ0) is 19.3. The van der Waals surface area contributed by atoms with Crippen LogP contribution in [0.25, 0.3) is 22.3 Å². The molecule has 0 aliphatic carbocycles. The van der Waals surface area contributed by atoms with Crippen LogP contribution in [0.5, 0.6) is 5.75 Å². The Morgan fingerprint density at radius 2 is 2.11 bits per heavy atom. The van der Waals surface area contributed by atoms with Crippen molar-refractivity contribution in [2.45, 2.75) is 38.0 Å². The third-order valence-electron chi connectivity index (χ3n) is 5.96. The van der Waals surface area contributed by atoms with E-state index in [-0.39, 0.29) is 17.9 Å². The summed E-state index contributed by atoms with van der Waals surface area (Å²) in [5.41, 5.74) is 10.8. The first-order valence-electron chi connectivity index (χ1n) is 9.86. The van der Waals surface area contributed by atoms with Crippen LogP contribution in [0.1, 0.15) is 30.2 Å². The smallest absolute Gasteiger partial charge is 0.182 e. The first-order valence-corrected chi connectivity index (χ1v) is 9.86. The van der Waals surface area contributed by atoms with Gasteiger partial charge in [-0.1, -0.05) is 0 Å². The van der Waals surface area contributed by atoms with Gasteiger partial charge in [-0.3, -0.25) is 10.00 Å². The quantitative estimate of drug-likeness (QED) is 0.646. The number of nitrogens with one attached hydrogen (secondary N) is 1. The molecule has 0 spiro atoms. The molecule has 7 heteroatoms. The summed E-state index contributed by atoms with van der Waals surface area (Å²) in [5, 5.41) is 18.1. The van der Waals surface area contributed by atoms with Gasteiger partial charge in [-0.2, -0.15) is 5.10 Å². The normalized spacial score (nSPS) is 25.7. The van der Waals surface area contributed by atoms with Gasteiger partial charge < -0.3 is 15.6 Å². The summed E-state index contributed by atoms with van der Waals surface area (Å²) in [6, 6.07) is 9.78. The predicted octanol–water partition coefficient (Wildman–Crippen LogP) is 2.50. The zero-order valence-electron chi connectivity index (χ0n) is 15.9. The number of aromatic hydroxyl groups is 1. The van der Waals surface area contributed by atoms with Crippen molar-refractivity contribution in [1.82, 2.24) is 20.1 Å². The highest BCUT2D eigenvalue weighted by Gasteiger charge is 2.40. The second-order valence-corrected chi connectivity index (χ2v) is 7.91. The summed E-state index contributed by atoms with van der Waals surface area (Å²) in [6.07, 6.45) is 2.22. The van der Waals surface area contributed by atoms with E-state index in [9.17, 15) is 5.11 Å². The SMILES string of the molecule is Cc1[nH]nc2nc(-c3ccc(O)cc3)cc(C3OCC3N3CCCC(N)C3)c12. The van der Waals surface area contributed by atoms with Crippen LogP contribution in [-0.4, -0.2) is 57.0 Å². The van der Waals surface area contributed by atoms with E-state index in [2.05, 4.69) is 21.2 Å². The number of rotatable bonds is 3. The fraction of sp³-hybridized carbons (Fsp3) is 0.429. The third kappa shape index (κ3) is 2.96. The average Bonchev–Trinajstić information content (AvgIpc) is 3.03. The van der Waals surface area contributed by atoms with E-state index in [0.717, 1.165) is 60.4 Å². The van der Waals surface area contributed by atoms with E-state index in [1.54, 1.807) is 12.1 Å². The molecule has 2 saturated heterocycles. The van der Waals surface area contributed by atoms with Gasteiger partial charge >= 0.3 is 0 Å². The molecule has 0 amide bonds. The van der Waals surface area contributed by atoms with E-state index in [0.29, 0.717) is 11.7 Å². The molecule has 0 bridgehead atoms. The Bertz CT molecular complexity index is 1000. The second-order valence-electron chi connectivity index (χ2n) is 7.91. The van der Waals surface area contributed by atoms with Crippen molar-refractivity contribution >= 4 is 11.0 Å². The Morgan fingerprint density at radius 1 is 1.29 bits per heavy atom. The number of pyridine rings is 1. The number of fused-ring (bicyclic) bond motifs is 1. The summed E-state index contributed by atoms with van der Waals surface area (Å²) < 4.78 is 6.07. The number of aromatic nitrogens is 3. The van der Waals surface area contributed by atoms with Crippen LogP contribution >= 0.6 is 0 Å². The highest BCUT2D eigenvalue weighted by Crippen LogP contribution is 2.40. The second kappa shape index (κ2) is 6.84. The maximum absolute atomic E-state index is 9.60. The van der Waals surface area contributed by atoms with Gasteiger partial charge in [0.05, 0.1) is 18.3 Å². The highest BCUT2D eigenvalue weighted by molar-refractivity contribution is 5.85. The summed E-state index contributed by atoms with van der Waals surface area (Å²) in [5.74, 6) is 0.240. The molecule has 28 heavy (non-hydrogen) atoms. The average molecular weight is 379 g/mol. The van der Waals surface area contributed by atoms with Gasteiger partial charge in [0.2, 0.25) is 0 Å². The lowest BCUT2D eigenvalue weighted by atomic mass is 9.91. The highest BCUT2D eigenvalue weighted by atomic mass is 16.5. The van der Waals surface area contributed by atoms with Gasteiger partial charge in [0.1, 0.15) is 11.9 Å². The van der Waals surface area contributed by atoms with Crippen molar-refractivity contribution in [3.05, 3.63) is 41.6 Å². The molecule has 5 rings (SSSR count). The van der Waals surface area contributed by atoms with E-state index < -0.39 is 0 Å². The number of ether oxygens (including phenoxy) is 1. The minimum atomic E-state index is -0.0111. The fourth-order valence-corrected chi connectivity index (χ4v) is 4.43. The van der Waals surface area contributed by atoms with E-state index in [1.165, 1.54) is 0 Å². The largest absolute Gasteiger partial charge is 0.508 e. The molecule has 4 heterocycles. The number of hydrogen-bond acceptors (Lipinski definition) is 6. The van der Waals surface area contributed by atoms with Crippen LogP contribution in [-0.2, 0) is 4.74 Å². The maximum Gasteiger partial charge on any atom is 0.182 e. The van der Waals surface area contributed by atoms with Crippen molar-refractivity contribution in [2.75, 3.05) is 19.7 Å². The summed E-state index contributed by atoms with van der Waals surface area (Å²) in [7, 11) is 0. The summed E-state index contributed by atoms with van der Waals surface area (Å²) in [6.45, 7) is 4.74. The molecule has 3 aromatic rings. The van der Waals surface area contributed by atoms with Crippen LogP contribution in [0.2, 0.25) is 0 Å². The van der Waals surface area contributed by atoms with Crippen molar-refractivity contribution in [3.8, 4) is 17.0 Å². The number of phenols is 1. The monoisotopic (exact) mass is 379 g/mol. The summed E-state index contributed by atoms with van der Waals surface area (Å²) >= 11 is 0. The lowest BCUT2D eigenvalue weighted by Crippen LogP contribution is -2.56. The first-order chi connectivity index (χ1) is 13.6. The van der Waals surface area contributed by atoms with Gasteiger partial charge in [0, 0.05) is 29.2 Å². The molecule has 2 aliphatic rings. The van der Waals surface area contributed by atoms with Gasteiger partial charge in [0.25, 0.3) is 0 Å². The fourth-order valence-electron chi connectivity index (χ4n) is 4.43. The van der Waals surface area contributed by atoms with Gasteiger partial charge in [0.15, 0.2) is 5.65 Å². The number of piperidine rings is 1. The van der Waals surface area contributed by atoms with E-state index in [1.807, 2.05) is 19.1 Å². The minimum Gasteiger partial charge on any atom is -0.508 e. The first kappa shape index (κ1) is 17.6. The standard InChI is InChI=1S/C21H25N5O2/c1-12-19-16(20-18(11-28-20)26-8-2-3-14(22)10-26)9-17(23-21(19)25-24-12)13-4-6-15(27)7-5-13/h4-7,9,14,18,20,27H,2-3,8,10-11,22H2,1H3,(H,23,24,25). The number of phenolic OH excluding ortho intramolecular Hbond substituents is 1. The molecule has 2 fully saturated rings. The van der Waals surface area contributed by atoms with Crippen LogP contribution < -0.4 is 5.73 Å². The van der Waals surface area contributed by atoms with Crippen molar-refractivity contribution in [1.29, 1.82) is 0 Å². The van der Waals surface area contributed by atoms with Crippen LogP contribution in [0.15, 0.2) is 30.3 Å². The summed E-state index contributed by atoms with van der Waals surface area (Å²) in [4.78, 5) is 7.21. The molecule has 2 aromatic heterocycles. The number of likely N-dealkylation sites (tertiary alicyclic amines) is 1. The number of aryl methyl sites for hydroxylation is 1. The molecule has 0 radical (unpaired) electrons. The van der Waals surface area contributed by atoms with Crippen molar-refractivity contribution in [2.24, 2.45) is 5.73 Å². The lowest BCUT2D eigenvalue weighted by molar-refractivity contribution is -0.141.